The van der Waals surface area contributed by atoms with E-state index in [-0.39, 0.29) is 17.7 Å². The van der Waals surface area contributed by atoms with Crippen molar-refractivity contribution >= 4 is 17.5 Å². The van der Waals surface area contributed by atoms with Crippen LogP contribution in [0.3, 0.4) is 0 Å². The van der Waals surface area contributed by atoms with Gasteiger partial charge in [-0.1, -0.05) is 24.3 Å². The van der Waals surface area contributed by atoms with Gasteiger partial charge in [0.1, 0.15) is 17.6 Å². The maximum absolute atomic E-state index is 12.9. The van der Waals surface area contributed by atoms with Crippen LogP contribution in [-0.2, 0) is 31.9 Å². The minimum atomic E-state index is -1.91. The zero-order valence-corrected chi connectivity index (χ0v) is 17.9. The van der Waals surface area contributed by atoms with Gasteiger partial charge in [-0.05, 0) is 48.7 Å². The van der Waals surface area contributed by atoms with Crippen molar-refractivity contribution in [2.24, 2.45) is 0 Å². The van der Waals surface area contributed by atoms with Crippen LogP contribution >= 0.6 is 0 Å². The van der Waals surface area contributed by atoms with Crippen LogP contribution in [0.25, 0.3) is 5.57 Å². The first-order valence-corrected chi connectivity index (χ1v) is 10.1. The van der Waals surface area contributed by atoms with Crippen LogP contribution in [0, 0.1) is 0 Å². The Labute approximate surface area is 184 Å². The fraction of sp³-hybridized carbons (Fsp3) is 0.333. The topological polar surface area (TPSA) is 123 Å². The van der Waals surface area contributed by atoms with Gasteiger partial charge in [-0.25, -0.2) is 9.59 Å². The summed E-state index contributed by atoms with van der Waals surface area (Å²) >= 11 is 0. The molecule has 2 aromatic carbocycles. The van der Waals surface area contributed by atoms with Crippen molar-refractivity contribution in [3.05, 3.63) is 64.9 Å². The SMILES string of the molecule is COC(=O)[C@]1(Cc2ccc3c(c2)CC(C(C)(C)O)O3)OC(=O)C(O)=C1c1ccc(O)cc1. The molecule has 2 aliphatic heterocycles. The average Bonchev–Trinajstić information content (AvgIpc) is 3.28. The van der Waals surface area contributed by atoms with Crippen molar-refractivity contribution < 1.29 is 39.1 Å². The number of ether oxygens (including phenoxy) is 3. The zero-order chi connectivity index (χ0) is 23.3. The van der Waals surface area contributed by atoms with Crippen LogP contribution in [0.2, 0.25) is 0 Å². The number of fused-ring (bicyclic) bond motifs is 1. The van der Waals surface area contributed by atoms with E-state index in [1.165, 1.54) is 31.4 Å². The predicted molar refractivity (Wildman–Crippen MR) is 113 cm³/mol. The molecule has 8 nitrogen and oxygen atoms in total. The number of benzene rings is 2. The summed E-state index contributed by atoms with van der Waals surface area (Å²) in [5.74, 6) is -1.95. The minimum Gasteiger partial charge on any atom is -0.508 e. The van der Waals surface area contributed by atoms with E-state index >= 15 is 0 Å². The molecule has 0 saturated carbocycles. The molecule has 1 unspecified atom stereocenters. The van der Waals surface area contributed by atoms with Crippen LogP contribution in [-0.4, -0.2) is 51.7 Å². The molecule has 0 spiro atoms. The summed E-state index contributed by atoms with van der Waals surface area (Å²) in [5.41, 5.74) is -1.14. The van der Waals surface area contributed by atoms with Crippen LogP contribution in [0.15, 0.2) is 48.2 Å². The number of phenolic OH excluding ortho intramolecular Hbond substituents is 1. The van der Waals surface area contributed by atoms with Crippen LogP contribution in [0.5, 0.6) is 11.5 Å². The van der Waals surface area contributed by atoms with Gasteiger partial charge in [0.2, 0.25) is 11.4 Å². The fourth-order valence-corrected chi connectivity index (χ4v) is 4.15. The van der Waals surface area contributed by atoms with Crippen LogP contribution in [0.4, 0.5) is 0 Å². The second kappa shape index (κ2) is 7.56. The van der Waals surface area contributed by atoms with Crippen molar-refractivity contribution in [3.8, 4) is 11.5 Å². The summed E-state index contributed by atoms with van der Waals surface area (Å²) in [7, 11) is 1.17. The van der Waals surface area contributed by atoms with E-state index in [1.807, 2.05) is 6.07 Å². The largest absolute Gasteiger partial charge is 0.508 e. The highest BCUT2D eigenvalue weighted by Crippen LogP contribution is 2.43. The maximum Gasteiger partial charge on any atom is 0.375 e. The monoisotopic (exact) mass is 440 g/mol. The molecule has 2 aromatic rings. The third-order valence-corrected chi connectivity index (χ3v) is 5.81. The first-order chi connectivity index (χ1) is 15.0. The molecule has 3 N–H and O–H groups in total. The Hall–Kier alpha value is -3.52. The molecule has 8 heteroatoms. The van der Waals surface area contributed by atoms with Gasteiger partial charge in [0, 0.05) is 12.8 Å². The number of aliphatic hydroxyl groups is 2. The molecule has 168 valence electrons. The second-order valence-corrected chi connectivity index (χ2v) is 8.56. The number of aliphatic hydroxyl groups excluding tert-OH is 1. The fourth-order valence-electron chi connectivity index (χ4n) is 4.15. The lowest BCUT2D eigenvalue weighted by atomic mass is 9.83. The van der Waals surface area contributed by atoms with Gasteiger partial charge in [0.15, 0.2) is 0 Å². The standard InChI is InChI=1S/C24H24O8/c1-23(2,29)18-11-15-10-13(4-9-17(15)31-18)12-24(22(28)30-3)19(20(26)21(27)32-24)14-5-7-16(25)8-6-14/h4-10,18,25-26,29H,11-12H2,1-3H3/t18?,24-/m1/s1. The quantitative estimate of drug-likeness (QED) is 0.606. The lowest BCUT2D eigenvalue weighted by Gasteiger charge is -2.28. The van der Waals surface area contributed by atoms with E-state index in [4.69, 9.17) is 14.2 Å². The van der Waals surface area contributed by atoms with Crippen molar-refractivity contribution in [1.82, 2.24) is 0 Å². The van der Waals surface area contributed by atoms with Gasteiger partial charge >= 0.3 is 11.9 Å². The highest BCUT2D eigenvalue weighted by molar-refractivity contribution is 6.11. The number of esters is 2. The molecule has 0 saturated heterocycles. The van der Waals surface area contributed by atoms with Crippen molar-refractivity contribution in [3.63, 3.8) is 0 Å². The van der Waals surface area contributed by atoms with E-state index in [9.17, 15) is 24.9 Å². The molecule has 2 heterocycles. The number of aromatic hydroxyl groups is 1. The Morgan fingerprint density at radius 3 is 2.50 bits per heavy atom. The zero-order valence-electron chi connectivity index (χ0n) is 17.9. The number of cyclic esters (lactones) is 1. The molecule has 0 amide bonds. The third-order valence-electron chi connectivity index (χ3n) is 5.81. The Morgan fingerprint density at radius 1 is 1.19 bits per heavy atom. The summed E-state index contributed by atoms with van der Waals surface area (Å²) in [6.45, 7) is 3.35. The lowest BCUT2D eigenvalue weighted by molar-refractivity contribution is -0.169. The molecule has 0 aliphatic carbocycles. The number of carbonyl (C=O) groups is 2. The molecule has 0 bridgehead atoms. The number of hydrogen-bond acceptors (Lipinski definition) is 8. The van der Waals surface area contributed by atoms with Gasteiger partial charge in [0.05, 0.1) is 18.3 Å². The summed E-state index contributed by atoms with van der Waals surface area (Å²) < 4.78 is 16.2. The van der Waals surface area contributed by atoms with Gasteiger partial charge in [-0.15, -0.1) is 0 Å². The summed E-state index contributed by atoms with van der Waals surface area (Å²) in [5, 5.41) is 30.4. The van der Waals surface area contributed by atoms with Crippen molar-refractivity contribution in [1.29, 1.82) is 0 Å². The van der Waals surface area contributed by atoms with Crippen molar-refractivity contribution in [2.75, 3.05) is 7.11 Å². The van der Waals surface area contributed by atoms with Gasteiger partial charge in [-0.2, -0.15) is 0 Å². The van der Waals surface area contributed by atoms with Gasteiger partial charge in [-0.3, -0.25) is 0 Å². The first kappa shape index (κ1) is 21.7. The lowest BCUT2D eigenvalue weighted by Crippen LogP contribution is -2.44. The van der Waals surface area contributed by atoms with Crippen LogP contribution < -0.4 is 4.74 Å². The Bertz CT molecular complexity index is 1110. The predicted octanol–water partition coefficient (Wildman–Crippen LogP) is 2.45. The molecule has 4 rings (SSSR count). The Kier molecular flexibility index (Phi) is 5.13. The number of rotatable bonds is 5. The maximum atomic E-state index is 12.9. The number of hydrogen-bond donors (Lipinski definition) is 3. The number of methoxy groups -OCH3 is 1. The molecule has 32 heavy (non-hydrogen) atoms. The average molecular weight is 440 g/mol. The van der Waals surface area contributed by atoms with Gasteiger partial charge < -0.3 is 29.5 Å². The van der Waals surface area contributed by atoms with Crippen molar-refractivity contribution in [2.45, 2.75) is 44.0 Å². The summed E-state index contributed by atoms with van der Waals surface area (Å²) in [6, 6.07) is 11.0. The molecular formula is C24H24O8. The number of phenols is 1. The number of carbonyl (C=O) groups excluding carboxylic acids is 2. The van der Waals surface area contributed by atoms with E-state index in [0.717, 1.165) is 5.56 Å². The van der Waals surface area contributed by atoms with E-state index < -0.39 is 35.0 Å². The second-order valence-electron chi connectivity index (χ2n) is 8.56. The smallest absolute Gasteiger partial charge is 0.375 e. The normalized spacial score (nSPS) is 22.4. The van der Waals surface area contributed by atoms with Gasteiger partial charge in [0.25, 0.3) is 0 Å². The van der Waals surface area contributed by atoms with E-state index in [2.05, 4.69) is 0 Å². The molecular weight excluding hydrogens is 416 g/mol. The Morgan fingerprint density at radius 2 is 1.88 bits per heavy atom. The Balaban J connectivity index is 1.75. The highest BCUT2D eigenvalue weighted by Gasteiger charge is 2.55. The minimum absolute atomic E-state index is 0.0114. The molecule has 0 radical (unpaired) electrons. The molecule has 2 aliphatic rings. The molecule has 0 aromatic heterocycles. The summed E-state index contributed by atoms with van der Waals surface area (Å²) in [6.07, 6.45) is -0.0291. The third kappa shape index (κ3) is 3.56. The van der Waals surface area contributed by atoms with E-state index in [1.54, 1.807) is 26.0 Å². The van der Waals surface area contributed by atoms with Crippen LogP contribution in [0.1, 0.15) is 30.5 Å². The highest BCUT2D eigenvalue weighted by atomic mass is 16.6. The van der Waals surface area contributed by atoms with E-state index in [0.29, 0.717) is 23.3 Å². The summed E-state index contributed by atoms with van der Waals surface area (Å²) in [4.78, 5) is 25.3. The molecule has 0 fully saturated rings. The molecule has 2 atom stereocenters. The first-order valence-electron chi connectivity index (χ1n) is 10.1.